The highest BCUT2D eigenvalue weighted by molar-refractivity contribution is 5.94. The van der Waals surface area contributed by atoms with Gasteiger partial charge in [-0.25, -0.2) is 0 Å². The number of para-hydroxylation sites is 1. The average molecular weight is 463 g/mol. The van der Waals surface area contributed by atoms with Crippen LogP contribution in [0.5, 0.6) is 11.5 Å². The van der Waals surface area contributed by atoms with Gasteiger partial charge in [0.25, 0.3) is 5.91 Å². The van der Waals surface area contributed by atoms with Gasteiger partial charge in [-0.05, 0) is 69.7 Å². The number of carbonyl (C=O) groups is 1. The number of H-pyrrole nitrogens is 1. The zero-order valence-electron chi connectivity index (χ0n) is 20.3. The number of carbonyl (C=O) groups excluding carboxylic acids is 1. The number of nitrogens with one attached hydrogen (secondary N) is 2. The first-order chi connectivity index (χ1) is 16.6. The van der Waals surface area contributed by atoms with E-state index in [0.717, 1.165) is 66.5 Å². The van der Waals surface area contributed by atoms with Crippen LogP contribution in [0.1, 0.15) is 44.0 Å². The lowest BCUT2D eigenvalue weighted by Crippen LogP contribution is -2.33. The van der Waals surface area contributed by atoms with Crippen molar-refractivity contribution in [3.05, 3.63) is 54.1 Å². The number of benzene rings is 2. The summed E-state index contributed by atoms with van der Waals surface area (Å²) >= 11 is 0. The fourth-order valence-electron chi connectivity index (χ4n) is 4.23. The molecule has 1 atom stereocenters. The molecule has 3 aromatic rings. The van der Waals surface area contributed by atoms with Gasteiger partial charge in [0.2, 0.25) is 0 Å². The number of ether oxygens (including phenoxy) is 2. The Labute approximate surface area is 201 Å². The molecular formula is C27H34N4O3. The maximum absolute atomic E-state index is 12.7. The van der Waals surface area contributed by atoms with Crippen LogP contribution in [0.25, 0.3) is 22.5 Å². The summed E-state index contributed by atoms with van der Waals surface area (Å²) in [7, 11) is 0. The standard InChI is InChI=1S/C27H34N4O3/c1-4-31(5-2)15-7-8-19(3)28-27(32)21-13-11-20(12-14-21)23-18-24(30-29-23)22-9-6-10-25-26(22)34-17-16-33-25/h6,9-14,18-19H,4-5,7-8,15-17H2,1-3H3,(H,28,32)(H,29,30). The van der Waals surface area contributed by atoms with E-state index in [9.17, 15) is 4.79 Å². The normalized spacial score (nSPS) is 13.6. The van der Waals surface area contributed by atoms with E-state index in [0.29, 0.717) is 18.8 Å². The van der Waals surface area contributed by atoms with Crippen LogP contribution in [0.15, 0.2) is 48.5 Å². The molecule has 1 aromatic heterocycles. The van der Waals surface area contributed by atoms with E-state index in [1.807, 2.05) is 48.5 Å². The van der Waals surface area contributed by atoms with E-state index >= 15 is 0 Å². The molecule has 0 radical (unpaired) electrons. The van der Waals surface area contributed by atoms with Gasteiger partial charge >= 0.3 is 0 Å². The van der Waals surface area contributed by atoms with Crippen LogP contribution in [-0.2, 0) is 0 Å². The van der Waals surface area contributed by atoms with E-state index in [-0.39, 0.29) is 11.9 Å². The minimum absolute atomic E-state index is 0.0438. The lowest BCUT2D eigenvalue weighted by atomic mass is 10.1. The molecule has 2 heterocycles. The van der Waals surface area contributed by atoms with Gasteiger partial charge in [0.15, 0.2) is 11.5 Å². The van der Waals surface area contributed by atoms with E-state index in [2.05, 4.69) is 41.2 Å². The summed E-state index contributed by atoms with van der Waals surface area (Å²) in [6.45, 7) is 10.7. The Morgan fingerprint density at radius 3 is 2.65 bits per heavy atom. The van der Waals surface area contributed by atoms with Crippen molar-refractivity contribution >= 4 is 5.91 Å². The Balaban J connectivity index is 1.37. The van der Waals surface area contributed by atoms with Crippen molar-refractivity contribution in [2.24, 2.45) is 0 Å². The van der Waals surface area contributed by atoms with Crippen LogP contribution < -0.4 is 14.8 Å². The van der Waals surface area contributed by atoms with Crippen LogP contribution in [0.4, 0.5) is 0 Å². The number of aromatic nitrogens is 2. The molecule has 0 spiro atoms. The Kier molecular flexibility index (Phi) is 7.85. The van der Waals surface area contributed by atoms with Gasteiger partial charge in [-0.15, -0.1) is 0 Å². The average Bonchev–Trinajstić information content (AvgIpc) is 3.36. The van der Waals surface area contributed by atoms with Gasteiger partial charge in [-0.1, -0.05) is 32.0 Å². The van der Waals surface area contributed by atoms with Crippen molar-refractivity contribution in [1.82, 2.24) is 20.4 Å². The third kappa shape index (κ3) is 5.59. The van der Waals surface area contributed by atoms with Gasteiger partial charge in [-0.2, -0.15) is 5.10 Å². The Morgan fingerprint density at radius 2 is 1.88 bits per heavy atom. The summed E-state index contributed by atoms with van der Waals surface area (Å²) in [5.74, 6) is 1.44. The molecule has 2 aromatic carbocycles. The molecule has 0 bridgehead atoms. The third-order valence-corrected chi connectivity index (χ3v) is 6.26. The molecule has 7 nitrogen and oxygen atoms in total. The Hall–Kier alpha value is -3.32. The highest BCUT2D eigenvalue weighted by Gasteiger charge is 2.18. The maximum atomic E-state index is 12.7. The van der Waals surface area contributed by atoms with E-state index < -0.39 is 0 Å². The number of hydrogen-bond donors (Lipinski definition) is 2. The number of aromatic amines is 1. The van der Waals surface area contributed by atoms with E-state index in [1.165, 1.54) is 0 Å². The second-order valence-corrected chi connectivity index (χ2v) is 8.62. The second-order valence-electron chi connectivity index (χ2n) is 8.62. The summed E-state index contributed by atoms with van der Waals surface area (Å²) in [5.41, 5.74) is 4.17. The van der Waals surface area contributed by atoms with Gasteiger partial charge in [-0.3, -0.25) is 9.89 Å². The number of fused-ring (bicyclic) bond motifs is 1. The monoisotopic (exact) mass is 462 g/mol. The first-order valence-corrected chi connectivity index (χ1v) is 12.2. The zero-order valence-corrected chi connectivity index (χ0v) is 20.3. The molecule has 7 heteroatoms. The summed E-state index contributed by atoms with van der Waals surface area (Å²) < 4.78 is 11.5. The molecule has 1 amide bonds. The fraction of sp³-hybridized carbons (Fsp3) is 0.407. The highest BCUT2D eigenvalue weighted by Crippen LogP contribution is 2.39. The zero-order chi connectivity index (χ0) is 23.9. The Morgan fingerprint density at radius 1 is 1.12 bits per heavy atom. The molecule has 0 saturated carbocycles. The van der Waals surface area contributed by atoms with Crippen molar-refractivity contribution in [1.29, 1.82) is 0 Å². The number of hydrogen-bond acceptors (Lipinski definition) is 5. The lowest BCUT2D eigenvalue weighted by Gasteiger charge is -2.20. The minimum Gasteiger partial charge on any atom is -0.486 e. The molecule has 1 aliphatic heterocycles. The third-order valence-electron chi connectivity index (χ3n) is 6.26. The molecule has 2 N–H and O–H groups in total. The lowest BCUT2D eigenvalue weighted by molar-refractivity contribution is 0.0937. The van der Waals surface area contributed by atoms with Gasteiger partial charge in [0, 0.05) is 22.7 Å². The second kappa shape index (κ2) is 11.2. The van der Waals surface area contributed by atoms with Crippen molar-refractivity contribution in [2.45, 2.75) is 39.7 Å². The molecule has 0 aliphatic carbocycles. The fourth-order valence-corrected chi connectivity index (χ4v) is 4.23. The van der Waals surface area contributed by atoms with Gasteiger partial charge in [0.05, 0.1) is 11.4 Å². The quantitative estimate of drug-likeness (QED) is 0.454. The van der Waals surface area contributed by atoms with E-state index in [1.54, 1.807) is 0 Å². The molecule has 34 heavy (non-hydrogen) atoms. The molecule has 1 aliphatic rings. The van der Waals surface area contributed by atoms with Crippen LogP contribution in [0.3, 0.4) is 0 Å². The number of amides is 1. The van der Waals surface area contributed by atoms with Crippen molar-refractivity contribution in [3.8, 4) is 34.0 Å². The predicted molar refractivity (Wildman–Crippen MR) is 134 cm³/mol. The molecule has 0 fully saturated rings. The maximum Gasteiger partial charge on any atom is 0.251 e. The van der Waals surface area contributed by atoms with Crippen LogP contribution in [-0.4, -0.2) is 59.9 Å². The molecule has 0 saturated heterocycles. The largest absolute Gasteiger partial charge is 0.486 e. The van der Waals surface area contributed by atoms with Crippen LogP contribution >= 0.6 is 0 Å². The van der Waals surface area contributed by atoms with Crippen molar-refractivity contribution in [3.63, 3.8) is 0 Å². The first-order valence-electron chi connectivity index (χ1n) is 12.2. The highest BCUT2D eigenvalue weighted by atomic mass is 16.6. The van der Waals surface area contributed by atoms with Crippen molar-refractivity contribution < 1.29 is 14.3 Å². The molecule has 4 rings (SSSR count). The summed E-state index contributed by atoms with van der Waals surface area (Å²) in [4.78, 5) is 15.1. The summed E-state index contributed by atoms with van der Waals surface area (Å²) in [6.07, 6.45) is 2.04. The van der Waals surface area contributed by atoms with Gasteiger partial charge in [0.1, 0.15) is 13.2 Å². The molecule has 1 unspecified atom stereocenters. The minimum atomic E-state index is -0.0438. The predicted octanol–water partition coefficient (Wildman–Crippen LogP) is 4.76. The van der Waals surface area contributed by atoms with Crippen LogP contribution in [0, 0.1) is 0 Å². The topological polar surface area (TPSA) is 79.5 Å². The van der Waals surface area contributed by atoms with Gasteiger partial charge < -0.3 is 19.7 Å². The molecular weight excluding hydrogens is 428 g/mol. The van der Waals surface area contributed by atoms with Crippen molar-refractivity contribution in [2.75, 3.05) is 32.8 Å². The SMILES string of the molecule is CCN(CC)CCCC(C)NC(=O)c1ccc(-c2cc(-c3cccc4c3OCCO4)[nH]n2)cc1. The summed E-state index contributed by atoms with van der Waals surface area (Å²) in [6, 6.07) is 15.5. The number of nitrogens with zero attached hydrogens (tertiary/aromatic N) is 2. The van der Waals surface area contributed by atoms with Crippen LogP contribution in [0.2, 0.25) is 0 Å². The Bertz CT molecular complexity index is 1090. The molecule has 180 valence electrons. The first kappa shape index (κ1) is 23.8. The van der Waals surface area contributed by atoms with E-state index in [4.69, 9.17) is 9.47 Å². The summed E-state index contributed by atoms with van der Waals surface area (Å²) in [5, 5.41) is 10.7. The smallest absolute Gasteiger partial charge is 0.251 e. The number of rotatable bonds is 10.